The molecule has 0 atom stereocenters. The number of amides is 1. The molecule has 1 amide bonds. The third-order valence-corrected chi connectivity index (χ3v) is 4.60. The van der Waals surface area contributed by atoms with Crippen LogP contribution >= 0.6 is 11.3 Å². The van der Waals surface area contributed by atoms with Gasteiger partial charge in [0.25, 0.3) is 0 Å². The summed E-state index contributed by atoms with van der Waals surface area (Å²) in [7, 11) is 1.66. The Morgan fingerprint density at radius 1 is 1.33 bits per heavy atom. The summed E-state index contributed by atoms with van der Waals surface area (Å²) in [5, 5.41) is 8.22. The van der Waals surface area contributed by atoms with Crippen LogP contribution in [0.2, 0.25) is 0 Å². The van der Waals surface area contributed by atoms with Gasteiger partial charge in [0.2, 0.25) is 5.91 Å². The van der Waals surface area contributed by atoms with Crippen molar-refractivity contribution in [2.75, 3.05) is 20.2 Å². The van der Waals surface area contributed by atoms with E-state index in [0.29, 0.717) is 6.54 Å². The highest BCUT2D eigenvalue weighted by Gasteiger charge is 2.24. The monoisotopic (exact) mass is 302 g/mol. The minimum atomic E-state index is 0.144. The summed E-state index contributed by atoms with van der Waals surface area (Å²) in [5.74, 6) is 1.15. The molecule has 110 valence electrons. The maximum Gasteiger partial charge on any atom is 0.225 e. The smallest absolute Gasteiger partial charge is 0.225 e. The summed E-state index contributed by atoms with van der Waals surface area (Å²) in [6.07, 6.45) is 0. The van der Waals surface area contributed by atoms with E-state index in [4.69, 9.17) is 4.74 Å². The second kappa shape index (κ2) is 6.28. The van der Waals surface area contributed by atoms with Gasteiger partial charge < -0.3 is 15.4 Å². The third-order valence-electron chi connectivity index (χ3n) is 3.67. The van der Waals surface area contributed by atoms with Crippen LogP contribution in [0, 0.1) is 5.92 Å². The summed E-state index contributed by atoms with van der Waals surface area (Å²) in [4.78, 5) is 13.0. The zero-order chi connectivity index (χ0) is 14.7. The lowest BCUT2D eigenvalue weighted by Gasteiger charge is -2.25. The Morgan fingerprint density at radius 3 is 2.71 bits per heavy atom. The van der Waals surface area contributed by atoms with E-state index in [1.54, 1.807) is 18.4 Å². The summed E-state index contributed by atoms with van der Waals surface area (Å²) in [5.41, 5.74) is 2.34. The quantitative estimate of drug-likeness (QED) is 0.891. The van der Waals surface area contributed by atoms with Gasteiger partial charge in [-0.1, -0.05) is 12.1 Å². The molecule has 0 aliphatic carbocycles. The average Bonchev–Trinajstić information content (AvgIpc) is 2.92. The zero-order valence-corrected chi connectivity index (χ0v) is 12.7. The number of thiophene rings is 1. The molecule has 0 radical (unpaired) electrons. The molecule has 1 aliphatic heterocycles. The van der Waals surface area contributed by atoms with E-state index >= 15 is 0 Å². The van der Waals surface area contributed by atoms with Crippen LogP contribution in [0.4, 0.5) is 0 Å². The van der Waals surface area contributed by atoms with Gasteiger partial charge in [-0.25, -0.2) is 0 Å². The molecule has 1 saturated heterocycles. The van der Waals surface area contributed by atoms with Crippen LogP contribution in [0.1, 0.15) is 4.88 Å². The molecule has 1 aliphatic rings. The van der Waals surface area contributed by atoms with Crippen LogP contribution in [0.5, 0.6) is 5.75 Å². The van der Waals surface area contributed by atoms with Crippen LogP contribution in [-0.2, 0) is 11.3 Å². The number of rotatable bonds is 5. The van der Waals surface area contributed by atoms with Crippen LogP contribution < -0.4 is 15.4 Å². The van der Waals surface area contributed by atoms with Gasteiger partial charge in [0.15, 0.2) is 0 Å². The molecular weight excluding hydrogens is 284 g/mol. The fraction of sp³-hybridized carbons (Fsp3) is 0.312. The summed E-state index contributed by atoms with van der Waals surface area (Å²) in [6, 6.07) is 10.1. The van der Waals surface area contributed by atoms with Crippen molar-refractivity contribution < 1.29 is 9.53 Å². The van der Waals surface area contributed by atoms with Gasteiger partial charge in [0.1, 0.15) is 5.75 Å². The Hall–Kier alpha value is -1.85. The Kier molecular flexibility index (Phi) is 4.22. The van der Waals surface area contributed by atoms with E-state index in [-0.39, 0.29) is 11.8 Å². The molecule has 0 spiro atoms. The fourth-order valence-electron chi connectivity index (χ4n) is 2.20. The molecule has 3 rings (SSSR count). The first kappa shape index (κ1) is 14.1. The van der Waals surface area contributed by atoms with Gasteiger partial charge in [-0.05, 0) is 34.7 Å². The topological polar surface area (TPSA) is 50.4 Å². The SMILES string of the molecule is COc1ccc(-c2csc(CNC(=O)C3CNC3)c2)cc1. The van der Waals surface area contributed by atoms with Crippen molar-refractivity contribution in [1.29, 1.82) is 0 Å². The van der Waals surface area contributed by atoms with Gasteiger partial charge in [-0.15, -0.1) is 11.3 Å². The van der Waals surface area contributed by atoms with Crippen molar-refractivity contribution in [2.45, 2.75) is 6.54 Å². The average molecular weight is 302 g/mol. The molecule has 4 nitrogen and oxygen atoms in total. The fourth-order valence-corrected chi connectivity index (χ4v) is 3.03. The lowest BCUT2D eigenvalue weighted by atomic mass is 10.0. The zero-order valence-electron chi connectivity index (χ0n) is 11.9. The van der Waals surface area contributed by atoms with Gasteiger partial charge >= 0.3 is 0 Å². The van der Waals surface area contributed by atoms with Crippen LogP contribution in [-0.4, -0.2) is 26.1 Å². The molecule has 1 aromatic heterocycles. The standard InChI is InChI=1S/C16H18N2O2S/c1-20-14-4-2-11(3-5-14)12-6-15(21-10-12)9-18-16(19)13-7-17-8-13/h2-6,10,13,17H,7-9H2,1H3,(H,18,19). The predicted octanol–water partition coefficient (Wildman–Crippen LogP) is 2.26. The minimum absolute atomic E-state index is 0.144. The molecular formula is C16H18N2O2S. The summed E-state index contributed by atoms with van der Waals surface area (Å²) in [6.45, 7) is 2.21. The molecule has 0 bridgehead atoms. The number of carbonyl (C=O) groups is 1. The first-order valence-corrected chi connectivity index (χ1v) is 7.84. The Balaban J connectivity index is 1.61. The maximum atomic E-state index is 11.8. The number of hydrogen-bond acceptors (Lipinski definition) is 4. The number of ether oxygens (including phenoxy) is 1. The van der Waals surface area contributed by atoms with Crippen molar-refractivity contribution in [2.24, 2.45) is 5.92 Å². The lowest BCUT2D eigenvalue weighted by Crippen LogP contribution is -2.50. The van der Waals surface area contributed by atoms with Crippen LogP contribution in [0.3, 0.4) is 0 Å². The van der Waals surface area contributed by atoms with E-state index < -0.39 is 0 Å². The first-order chi connectivity index (χ1) is 10.3. The second-order valence-electron chi connectivity index (χ2n) is 5.10. The van der Waals surface area contributed by atoms with Crippen molar-refractivity contribution in [1.82, 2.24) is 10.6 Å². The number of benzene rings is 1. The lowest BCUT2D eigenvalue weighted by molar-refractivity contribution is -0.126. The Labute approximate surface area is 128 Å². The van der Waals surface area contributed by atoms with E-state index in [2.05, 4.69) is 22.1 Å². The Bertz CT molecular complexity index is 617. The van der Waals surface area contributed by atoms with E-state index in [1.165, 1.54) is 10.4 Å². The normalized spacial score (nSPS) is 14.5. The largest absolute Gasteiger partial charge is 0.497 e. The first-order valence-electron chi connectivity index (χ1n) is 6.96. The van der Waals surface area contributed by atoms with Crippen molar-refractivity contribution >= 4 is 17.2 Å². The molecule has 0 unspecified atom stereocenters. The highest BCUT2D eigenvalue weighted by atomic mass is 32.1. The molecule has 2 heterocycles. The van der Waals surface area contributed by atoms with Gasteiger partial charge in [0, 0.05) is 18.0 Å². The molecule has 0 saturated carbocycles. The number of hydrogen-bond donors (Lipinski definition) is 2. The number of methoxy groups -OCH3 is 1. The predicted molar refractivity (Wildman–Crippen MR) is 84.5 cm³/mol. The number of nitrogens with one attached hydrogen (secondary N) is 2. The molecule has 21 heavy (non-hydrogen) atoms. The second-order valence-corrected chi connectivity index (χ2v) is 6.10. The molecule has 5 heteroatoms. The van der Waals surface area contributed by atoms with Crippen molar-refractivity contribution in [3.63, 3.8) is 0 Å². The molecule has 1 aromatic carbocycles. The summed E-state index contributed by atoms with van der Waals surface area (Å²) < 4.78 is 5.16. The molecule has 1 fully saturated rings. The minimum Gasteiger partial charge on any atom is -0.497 e. The van der Waals surface area contributed by atoms with Gasteiger partial charge in [-0.3, -0.25) is 4.79 Å². The van der Waals surface area contributed by atoms with Gasteiger partial charge in [0.05, 0.1) is 19.6 Å². The van der Waals surface area contributed by atoms with Crippen LogP contribution in [0.15, 0.2) is 35.7 Å². The van der Waals surface area contributed by atoms with Crippen molar-refractivity contribution in [3.05, 3.63) is 40.6 Å². The highest BCUT2D eigenvalue weighted by molar-refractivity contribution is 7.10. The third kappa shape index (κ3) is 3.25. The summed E-state index contributed by atoms with van der Waals surface area (Å²) >= 11 is 1.67. The molecule has 2 N–H and O–H groups in total. The van der Waals surface area contributed by atoms with Crippen molar-refractivity contribution in [3.8, 4) is 16.9 Å². The van der Waals surface area contributed by atoms with E-state index in [0.717, 1.165) is 24.4 Å². The molecule has 2 aromatic rings. The number of carbonyl (C=O) groups excluding carboxylic acids is 1. The van der Waals surface area contributed by atoms with E-state index in [1.807, 2.05) is 24.3 Å². The van der Waals surface area contributed by atoms with Crippen LogP contribution in [0.25, 0.3) is 11.1 Å². The maximum absolute atomic E-state index is 11.8. The Morgan fingerprint density at radius 2 is 2.10 bits per heavy atom. The van der Waals surface area contributed by atoms with Gasteiger partial charge in [-0.2, -0.15) is 0 Å². The van der Waals surface area contributed by atoms with E-state index in [9.17, 15) is 4.79 Å². The highest BCUT2D eigenvalue weighted by Crippen LogP contribution is 2.27.